The van der Waals surface area contributed by atoms with E-state index in [0.29, 0.717) is 17.9 Å². The van der Waals surface area contributed by atoms with Gasteiger partial charge in [0, 0.05) is 19.3 Å². The Hall–Kier alpha value is -3.15. The minimum Gasteiger partial charge on any atom is -0.497 e. The van der Waals surface area contributed by atoms with Crippen LogP contribution in [-0.2, 0) is 20.8 Å². The van der Waals surface area contributed by atoms with E-state index in [9.17, 15) is 14.4 Å². The first-order valence-corrected chi connectivity index (χ1v) is 9.66. The second-order valence-corrected chi connectivity index (χ2v) is 7.40. The highest BCUT2D eigenvalue weighted by Gasteiger charge is 2.40. The molecule has 150 valence electrons. The van der Waals surface area contributed by atoms with Crippen LogP contribution in [0.1, 0.15) is 36.3 Å². The fourth-order valence-corrected chi connectivity index (χ4v) is 3.95. The van der Waals surface area contributed by atoms with Crippen LogP contribution < -0.4 is 14.2 Å². The molecule has 1 aliphatic heterocycles. The van der Waals surface area contributed by atoms with Crippen LogP contribution in [0.5, 0.6) is 17.2 Å². The Morgan fingerprint density at radius 2 is 1.69 bits per heavy atom. The van der Waals surface area contributed by atoms with Crippen molar-refractivity contribution >= 4 is 17.3 Å². The number of ether oxygens (including phenoxy) is 3. The zero-order valence-corrected chi connectivity index (χ0v) is 16.2. The summed E-state index contributed by atoms with van der Waals surface area (Å²) in [5, 5.41) is 0. The van der Waals surface area contributed by atoms with Gasteiger partial charge in [0.05, 0.1) is 7.11 Å². The molecule has 0 spiro atoms. The number of methoxy groups -OCH3 is 1. The lowest BCUT2D eigenvalue weighted by Gasteiger charge is -2.26. The lowest BCUT2D eigenvalue weighted by molar-refractivity contribution is -0.142. The topological polar surface area (TPSA) is 78.9 Å². The zero-order valence-electron chi connectivity index (χ0n) is 16.2. The van der Waals surface area contributed by atoms with E-state index in [0.717, 1.165) is 16.9 Å². The van der Waals surface area contributed by atoms with E-state index in [1.807, 2.05) is 36.4 Å². The van der Waals surface area contributed by atoms with Crippen molar-refractivity contribution in [2.75, 3.05) is 13.9 Å². The second kappa shape index (κ2) is 8.07. The summed E-state index contributed by atoms with van der Waals surface area (Å²) in [4.78, 5) is 37.9. The van der Waals surface area contributed by atoms with Crippen LogP contribution >= 0.6 is 0 Å². The van der Waals surface area contributed by atoms with Gasteiger partial charge in [0.15, 0.2) is 28.8 Å². The monoisotopic (exact) mass is 394 g/mol. The molecule has 4 rings (SSSR count). The van der Waals surface area contributed by atoms with Crippen LogP contribution in [0.25, 0.3) is 0 Å². The van der Waals surface area contributed by atoms with Crippen LogP contribution in [0.3, 0.4) is 0 Å². The van der Waals surface area contributed by atoms with E-state index in [-0.39, 0.29) is 49.3 Å². The predicted octanol–water partition coefficient (Wildman–Crippen LogP) is 3.26. The number of hydrogen-bond acceptors (Lipinski definition) is 6. The lowest BCUT2D eigenvalue weighted by Crippen LogP contribution is -2.38. The third-order valence-electron chi connectivity index (χ3n) is 5.55. The molecule has 0 N–H and O–H groups in total. The van der Waals surface area contributed by atoms with Crippen molar-refractivity contribution in [3.8, 4) is 17.2 Å². The van der Waals surface area contributed by atoms with Crippen LogP contribution in [0.15, 0.2) is 42.5 Å². The van der Waals surface area contributed by atoms with Gasteiger partial charge in [-0.1, -0.05) is 18.2 Å². The molecule has 2 aromatic rings. The zero-order chi connectivity index (χ0) is 20.4. The van der Waals surface area contributed by atoms with Crippen molar-refractivity contribution < 1.29 is 28.6 Å². The summed E-state index contributed by atoms with van der Waals surface area (Å²) in [6, 6.07) is 12.9. The maximum atomic E-state index is 12.6. The summed E-state index contributed by atoms with van der Waals surface area (Å²) in [6.45, 7) is 0.193. The van der Waals surface area contributed by atoms with Crippen LogP contribution in [0.2, 0.25) is 0 Å². The fourth-order valence-electron chi connectivity index (χ4n) is 3.95. The molecule has 2 aliphatic rings. The van der Waals surface area contributed by atoms with Gasteiger partial charge < -0.3 is 14.2 Å². The highest BCUT2D eigenvalue weighted by molar-refractivity contribution is 6.21. The van der Waals surface area contributed by atoms with Gasteiger partial charge >= 0.3 is 0 Å². The van der Waals surface area contributed by atoms with E-state index < -0.39 is 5.92 Å². The first-order chi connectivity index (χ1) is 14.0. The summed E-state index contributed by atoms with van der Waals surface area (Å²) in [5.74, 6) is -0.109. The average molecular weight is 394 g/mol. The van der Waals surface area contributed by atoms with Crippen molar-refractivity contribution in [2.24, 2.45) is 5.92 Å². The van der Waals surface area contributed by atoms with Crippen LogP contribution in [0, 0.1) is 5.92 Å². The van der Waals surface area contributed by atoms with Gasteiger partial charge in [0.1, 0.15) is 11.7 Å². The minimum atomic E-state index is -1.13. The molecule has 0 atom stereocenters. The Morgan fingerprint density at radius 3 is 2.38 bits per heavy atom. The number of fused-ring (bicyclic) bond motifs is 1. The molecule has 29 heavy (non-hydrogen) atoms. The third-order valence-corrected chi connectivity index (χ3v) is 5.55. The van der Waals surface area contributed by atoms with Crippen molar-refractivity contribution in [2.45, 2.75) is 31.6 Å². The summed E-state index contributed by atoms with van der Waals surface area (Å²) < 4.78 is 15.8. The Labute approximate surface area is 168 Å². The SMILES string of the molecule is COc1ccc(C2CC(=O)C(C(=O)CCc3ccc4c(c3)OCO4)C(=O)C2)cc1. The molecule has 0 aromatic heterocycles. The number of ketones is 3. The molecule has 0 radical (unpaired) electrons. The summed E-state index contributed by atoms with van der Waals surface area (Å²) in [6.07, 6.45) is 1.01. The van der Waals surface area contributed by atoms with Crippen LogP contribution in [-0.4, -0.2) is 31.3 Å². The normalized spacial score (nSPS) is 20.6. The number of hydrogen-bond donors (Lipinski definition) is 0. The van der Waals surface area contributed by atoms with Crippen molar-refractivity contribution in [1.29, 1.82) is 0 Å². The van der Waals surface area contributed by atoms with Gasteiger partial charge in [-0.25, -0.2) is 0 Å². The largest absolute Gasteiger partial charge is 0.497 e. The average Bonchev–Trinajstić information content (AvgIpc) is 3.19. The fraction of sp³-hybridized carbons (Fsp3) is 0.348. The standard InChI is InChI=1S/C23H22O6/c1-27-17-6-4-15(5-7-17)16-11-19(25)23(20(26)12-16)18(24)8-2-14-3-9-21-22(10-14)29-13-28-21/h3-7,9-10,16,23H,2,8,11-13H2,1H3. The van der Waals surface area contributed by atoms with Crippen molar-refractivity contribution in [1.82, 2.24) is 0 Å². The molecule has 0 bridgehead atoms. The summed E-state index contributed by atoms with van der Waals surface area (Å²) >= 11 is 0. The number of benzene rings is 2. The highest BCUT2D eigenvalue weighted by Crippen LogP contribution is 2.35. The molecular weight excluding hydrogens is 372 g/mol. The first-order valence-electron chi connectivity index (χ1n) is 9.66. The molecule has 6 heteroatoms. The summed E-state index contributed by atoms with van der Waals surface area (Å²) in [5.41, 5.74) is 1.83. The number of Topliss-reactive ketones (excluding diaryl/α,β-unsaturated/α-hetero) is 3. The van der Waals surface area contributed by atoms with Gasteiger partial charge in [-0.2, -0.15) is 0 Å². The quantitative estimate of drug-likeness (QED) is 0.700. The molecular formula is C23H22O6. The maximum Gasteiger partial charge on any atom is 0.231 e. The van der Waals surface area contributed by atoms with Crippen molar-refractivity contribution in [3.05, 3.63) is 53.6 Å². The Balaban J connectivity index is 1.38. The molecule has 0 unspecified atom stereocenters. The van der Waals surface area contributed by atoms with Gasteiger partial charge in [-0.3, -0.25) is 14.4 Å². The second-order valence-electron chi connectivity index (χ2n) is 7.40. The third kappa shape index (κ3) is 4.01. The molecule has 1 heterocycles. The molecule has 1 fully saturated rings. The number of aryl methyl sites for hydroxylation is 1. The van der Waals surface area contributed by atoms with Gasteiger partial charge in [-0.05, 0) is 47.7 Å². The van der Waals surface area contributed by atoms with Gasteiger partial charge in [-0.15, -0.1) is 0 Å². The van der Waals surface area contributed by atoms with Crippen molar-refractivity contribution in [3.63, 3.8) is 0 Å². The number of rotatable bonds is 6. The van der Waals surface area contributed by atoms with Crippen LogP contribution in [0.4, 0.5) is 0 Å². The van der Waals surface area contributed by atoms with Gasteiger partial charge in [0.2, 0.25) is 6.79 Å². The number of carbonyl (C=O) groups excluding carboxylic acids is 3. The molecule has 1 aliphatic carbocycles. The molecule has 6 nitrogen and oxygen atoms in total. The number of carbonyl (C=O) groups is 3. The molecule has 0 saturated heterocycles. The molecule has 2 aromatic carbocycles. The van der Waals surface area contributed by atoms with E-state index in [1.54, 1.807) is 13.2 Å². The van der Waals surface area contributed by atoms with E-state index >= 15 is 0 Å². The lowest BCUT2D eigenvalue weighted by atomic mass is 9.74. The Bertz CT molecular complexity index is 928. The van der Waals surface area contributed by atoms with E-state index in [4.69, 9.17) is 14.2 Å². The predicted molar refractivity (Wildman–Crippen MR) is 104 cm³/mol. The first kappa shape index (κ1) is 19.2. The molecule has 1 saturated carbocycles. The summed E-state index contributed by atoms with van der Waals surface area (Å²) in [7, 11) is 1.59. The van der Waals surface area contributed by atoms with Gasteiger partial charge in [0.25, 0.3) is 0 Å². The minimum absolute atomic E-state index is 0.148. The Morgan fingerprint density at radius 1 is 1.00 bits per heavy atom. The highest BCUT2D eigenvalue weighted by atomic mass is 16.7. The molecule has 0 amide bonds. The Kier molecular flexibility index (Phi) is 5.34. The van der Waals surface area contributed by atoms with E-state index in [1.165, 1.54) is 0 Å². The maximum absolute atomic E-state index is 12.6. The smallest absolute Gasteiger partial charge is 0.231 e. The van der Waals surface area contributed by atoms with E-state index in [2.05, 4.69) is 0 Å².